The molecule has 3 aromatic rings. The molecule has 0 unspecified atom stereocenters. The Hall–Kier alpha value is -2.12. The number of fused-ring (bicyclic) bond motifs is 1. The van der Waals surface area contributed by atoms with Crippen LogP contribution in [-0.4, -0.2) is 19.9 Å². The maximum atomic E-state index is 5.56. The van der Waals surface area contributed by atoms with Crippen LogP contribution >= 0.6 is 11.3 Å². The summed E-state index contributed by atoms with van der Waals surface area (Å²) in [6.45, 7) is 4.09. The molecule has 3 heterocycles. The van der Waals surface area contributed by atoms with Gasteiger partial charge in [0.1, 0.15) is 4.83 Å². The molecule has 7 heteroatoms. The second kappa shape index (κ2) is 4.52. The van der Waals surface area contributed by atoms with E-state index >= 15 is 0 Å². The fourth-order valence-corrected chi connectivity index (χ4v) is 2.90. The van der Waals surface area contributed by atoms with Crippen molar-refractivity contribution in [2.75, 3.05) is 5.43 Å². The largest absolute Gasteiger partial charge is 0.308 e. The van der Waals surface area contributed by atoms with Crippen LogP contribution in [0.4, 0.5) is 5.82 Å². The van der Waals surface area contributed by atoms with Crippen molar-refractivity contribution in [1.82, 2.24) is 19.9 Å². The first-order chi connectivity index (χ1) is 9.20. The van der Waals surface area contributed by atoms with E-state index in [1.165, 1.54) is 4.88 Å². The molecule has 0 aromatic carbocycles. The van der Waals surface area contributed by atoms with Crippen LogP contribution in [0.5, 0.6) is 0 Å². The Labute approximate surface area is 113 Å². The number of aryl methyl sites for hydroxylation is 2. The van der Waals surface area contributed by atoms with Crippen molar-refractivity contribution in [2.45, 2.75) is 13.8 Å². The van der Waals surface area contributed by atoms with E-state index in [4.69, 9.17) is 5.84 Å². The van der Waals surface area contributed by atoms with Crippen LogP contribution in [0.15, 0.2) is 18.5 Å². The van der Waals surface area contributed by atoms with E-state index in [9.17, 15) is 0 Å². The minimum atomic E-state index is 0.474. The van der Waals surface area contributed by atoms with Gasteiger partial charge in [-0.05, 0) is 25.5 Å². The molecule has 0 spiro atoms. The Morgan fingerprint density at radius 2 is 1.84 bits per heavy atom. The minimum Gasteiger partial charge on any atom is -0.308 e. The van der Waals surface area contributed by atoms with Crippen molar-refractivity contribution in [1.29, 1.82) is 0 Å². The lowest BCUT2D eigenvalue weighted by Crippen LogP contribution is -2.10. The molecular weight excluding hydrogens is 260 g/mol. The third-order valence-corrected chi connectivity index (χ3v) is 4.03. The lowest BCUT2D eigenvalue weighted by Gasteiger charge is -2.05. The summed E-state index contributed by atoms with van der Waals surface area (Å²) >= 11 is 1.61. The molecule has 0 aliphatic rings. The molecule has 0 radical (unpaired) electrons. The molecule has 0 amide bonds. The molecule has 6 nitrogen and oxygen atoms in total. The fourth-order valence-electron chi connectivity index (χ4n) is 1.87. The monoisotopic (exact) mass is 272 g/mol. The summed E-state index contributed by atoms with van der Waals surface area (Å²) in [7, 11) is 0. The summed E-state index contributed by atoms with van der Waals surface area (Å²) in [5.74, 6) is 7.14. The predicted molar refractivity (Wildman–Crippen MR) is 75.7 cm³/mol. The number of hydrogen-bond donors (Lipinski definition) is 2. The highest BCUT2D eigenvalue weighted by Gasteiger charge is 2.15. The molecule has 0 fully saturated rings. The Balaban J connectivity index is 2.29. The summed E-state index contributed by atoms with van der Waals surface area (Å²) in [5, 5.41) is 0.963. The van der Waals surface area contributed by atoms with Crippen molar-refractivity contribution >= 4 is 27.4 Å². The van der Waals surface area contributed by atoms with Gasteiger partial charge in [-0.2, -0.15) is 0 Å². The molecule has 3 rings (SSSR count). The Bertz CT molecular complexity index is 737. The van der Waals surface area contributed by atoms with E-state index < -0.39 is 0 Å². The molecular formula is C12H12N6S. The normalized spacial score (nSPS) is 10.9. The highest BCUT2D eigenvalue weighted by Crippen LogP contribution is 2.33. The average molecular weight is 272 g/mol. The van der Waals surface area contributed by atoms with Crippen molar-refractivity contribution < 1.29 is 0 Å². The van der Waals surface area contributed by atoms with Gasteiger partial charge in [-0.25, -0.2) is 25.8 Å². The molecule has 0 aliphatic carbocycles. The number of rotatable bonds is 2. The van der Waals surface area contributed by atoms with E-state index in [-0.39, 0.29) is 0 Å². The highest BCUT2D eigenvalue weighted by molar-refractivity contribution is 7.18. The van der Waals surface area contributed by atoms with Crippen molar-refractivity contribution in [2.24, 2.45) is 5.84 Å². The molecule has 0 aliphatic heterocycles. The smallest absolute Gasteiger partial charge is 0.201 e. The number of nitrogens with zero attached hydrogens (tertiary/aromatic N) is 4. The predicted octanol–water partition coefficient (Wildman–Crippen LogP) is 2.05. The van der Waals surface area contributed by atoms with Gasteiger partial charge in [0.15, 0.2) is 11.6 Å². The van der Waals surface area contributed by atoms with Gasteiger partial charge in [0, 0.05) is 17.3 Å². The zero-order chi connectivity index (χ0) is 13.4. The SMILES string of the molecule is Cc1sc2nc(-c3ncccn3)nc(NN)c2c1C. The zero-order valence-electron chi connectivity index (χ0n) is 10.5. The van der Waals surface area contributed by atoms with Gasteiger partial charge in [-0.3, -0.25) is 0 Å². The summed E-state index contributed by atoms with van der Waals surface area (Å²) in [5.41, 5.74) is 3.78. The van der Waals surface area contributed by atoms with Crippen LogP contribution in [0.3, 0.4) is 0 Å². The first-order valence-corrected chi connectivity index (χ1v) is 6.54. The highest BCUT2D eigenvalue weighted by atomic mass is 32.1. The van der Waals surface area contributed by atoms with Gasteiger partial charge in [-0.1, -0.05) is 0 Å². The maximum Gasteiger partial charge on any atom is 0.201 e. The number of thiophene rings is 1. The van der Waals surface area contributed by atoms with E-state index in [1.54, 1.807) is 29.8 Å². The van der Waals surface area contributed by atoms with Gasteiger partial charge < -0.3 is 5.43 Å². The number of hydrogen-bond acceptors (Lipinski definition) is 7. The minimum absolute atomic E-state index is 0.474. The van der Waals surface area contributed by atoms with Crippen LogP contribution < -0.4 is 11.3 Å². The van der Waals surface area contributed by atoms with E-state index in [2.05, 4.69) is 32.3 Å². The van der Waals surface area contributed by atoms with Gasteiger partial charge in [0.05, 0.1) is 5.39 Å². The number of hydrazine groups is 1. The van der Waals surface area contributed by atoms with Gasteiger partial charge >= 0.3 is 0 Å². The molecule has 0 saturated heterocycles. The average Bonchev–Trinajstić information content (AvgIpc) is 2.74. The number of nitrogens with two attached hydrogens (primary N) is 1. The first kappa shape index (κ1) is 11.9. The van der Waals surface area contributed by atoms with Crippen LogP contribution in [-0.2, 0) is 0 Å². The van der Waals surface area contributed by atoms with Gasteiger partial charge in [0.2, 0.25) is 5.82 Å². The van der Waals surface area contributed by atoms with Crippen LogP contribution in [0.25, 0.3) is 21.9 Å². The topological polar surface area (TPSA) is 89.6 Å². The zero-order valence-corrected chi connectivity index (χ0v) is 11.3. The van der Waals surface area contributed by atoms with Crippen LogP contribution in [0, 0.1) is 13.8 Å². The fraction of sp³-hybridized carbons (Fsp3) is 0.167. The lowest BCUT2D eigenvalue weighted by atomic mass is 10.2. The van der Waals surface area contributed by atoms with Crippen LogP contribution in [0.2, 0.25) is 0 Å². The third kappa shape index (κ3) is 1.92. The molecule has 0 saturated carbocycles. The van der Waals surface area contributed by atoms with Gasteiger partial charge in [0.25, 0.3) is 0 Å². The molecule has 3 N–H and O–H groups in total. The second-order valence-corrected chi connectivity index (χ2v) is 5.28. The summed E-state index contributed by atoms with van der Waals surface area (Å²) in [6.07, 6.45) is 3.33. The lowest BCUT2D eigenvalue weighted by molar-refractivity contribution is 1.09. The Morgan fingerprint density at radius 3 is 2.53 bits per heavy atom. The number of anilines is 1. The Kier molecular flexibility index (Phi) is 2.84. The summed E-state index contributed by atoms with van der Waals surface area (Å²) in [6, 6.07) is 1.75. The summed E-state index contributed by atoms with van der Waals surface area (Å²) < 4.78 is 0. The van der Waals surface area contributed by atoms with Gasteiger partial charge in [-0.15, -0.1) is 11.3 Å². The maximum absolute atomic E-state index is 5.56. The first-order valence-electron chi connectivity index (χ1n) is 5.72. The van der Waals surface area contributed by atoms with Crippen LogP contribution in [0.1, 0.15) is 10.4 Å². The number of nitrogen functional groups attached to an aromatic ring is 1. The second-order valence-electron chi connectivity index (χ2n) is 4.08. The van der Waals surface area contributed by atoms with Crippen molar-refractivity contribution in [3.05, 3.63) is 28.9 Å². The molecule has 19 heavy (non-hydrogen) atoms. The molecule has 0 bridgehead atoms. The molecule has 3 aromatic heterocycles. The quantitative estimate of drug-likeness (QED) is 0.548. The number of nitrogens with one attached hydrogen (secondary N) is 1. The molecule has 96 valence electrons. The molecule has 0 atom stereocenters. The van der Waals surface area contributed by atoms with E-state index in [0.717, 1.165) is 15.8 Å². The summed E-state index contributed by atoms with van der Waals surface area (Å²) in [4.78, 5) is 19.3. The van der Waals surface area contributed by atoms with Crippen molar-refractivity contribution in [3.8, 4) is 11.6 Å². The third-order valence-electron chi connectivity index (χ3n) is 2.93. The standard InChI is InChI=1S/C12H12N6S/c1-6-7(2)19-12-8(6)9(18-13)16-11(17-12)10-14-4-3-5-15-10/h3-5H,13H2,1-2H3,(H,16,17,18). The van der Waals surface area contributed by atoms with Crippen molar-refractivity contribution in [3.63, 3.8) is 0 Å². The van der Waals surface area contributed by atoms with E-state index in [0.29, 0.717) is 17.5 Å². The Morgan fingerprint density at radius 1 is 1.11 bits per heavy atom. The number of aromatic nitrogens is 4. The van der Waals surface area contributed by atoms with E-state index in [1.807, 2.05) is 6.92 Å².